The van der Waals surface area contributed by atoms with Crippen LogP contribution in [0.4, 0.5) is 0 Å². The van der Waals surface area contributed by atoms with Gasteiger partial charge in [-0.3, -0.25) is 5.32 Å². The summed E-state index contributed by atoms with van der Waals surface area (Å²) in [6.45, 7) is 4.67. The molecule has 1 aromatic heterocycles. The van der Waals surface area contributed by atoms with Crippen LogP contribution in [0.15, 0.2) is 23.6 Å². The Morgan fingerprint density at radius 3 is 3.00 bits per heavy atom. The lowest BCUT2D eigenvalue weighted by atomic mass is 10.1. The van der Waals surface area contributed by atoms with Crippen LogP contribution in [-0.4, -0.2) is 27.8 Å². The van der Waals surface area contributed by atoms with Crippen molar-refractivity contribution in [1.82, 2.24) is 15.3 Å². The lowest BCUT2D eigenvalue weighted by molar-refractivity contribution is 0.511. The molecular weight excluding hydrogens is 208 g/mol. The monoisotopic (exact) mass is 222 g/mol. The highest BCUT2D eigenvalue weighted by Crippen LogP contribution is 2.19. The van der Waals surface area contributed by atoms with E-state index >= 15 is 0 Å². The molecule has 0 aliphatic rings. The van der Waals surface area contributed by atoms with Gasteiger partial charge in [0.25, 0.3) is 0 Å². The minimum Gasteiger partial charge on any atom is -0.299 e. The van der Waals surface area contributed by atoms with Crippen molar-refractivity contribution in [2.75, 3.05) is 12.3 Å². The van der Waals surface area contributed by atoms with Crippen LogP contribution in [0.3, 0.4) is 0 Å². The van der Waals surface area contributed by atoms with Crippen molar-refractivity contribution in [3.8, 4) is 6.07 Å². The number of nitrogens with zero attached hydrogens (tertiary/aromatic N) is 3. The van der Waals surface area contributed by atoms with Gasteiger partial charge < -0.3 is 0 Å². The van der Waals surface area contributed by atoms with Gasteiger partial charge in [-0.05, 0) is 19.5 Å². The van der Waals surface area contributed by atoms with Gasteiger partial charge in [-0.25, -0.2) is 9.97 Å². The molecule has 0 saturated heterocycles. The summed E-state index contributed by atoms with van der Waals surface area (Å²) in [5.41, 5.74) is -0.496. The Bertz CT molecular complexity index is 335. The van der Waals surface area contributed by atoms with E-state index in [0.29, 0.717) is 5.75 Å². The van der Waals surface area contributed by atoms with E-state index in [1.807, 2.05) is 19.9 Å². The third-order valence-electron chi connectivity index (χ3n) is 1.88. The molecule has 1 N–H and O–H groups in total. The maximum atomic E-state index is 9.04. The molecule has 0 saturated carbocycles. The molecule has 0 aliphatic heterocycles. The first-order valence-corrected chi connectivity index (χ1v) is 5.74. The molecule has 1 unspecified atom stereocenters. The maximum Gasteiger partial charge on any atom is 0.116 e. The zero-order chi connectivity index (χ0) is 11.1. The zero-order valence-corrected chi connectivity index (χ0v) is 9.71. The number of hydrogen-bond acceptors (Lipinski definition) is 5. The van der Waals surface area contributed by atoms with E-state index in [0.717, 1.165) is 11.6 Å². The van der Waals surface area contributed by atoms with Crippen LogP contribution >= 0.6 is 11.8 Å². The van der Waals surface area contributed by atoms with Gasteiger partial charge in [-0.2, -0.15) is 5.26 Å². The number of nitrogens with one attached hydrogen (secondary N) is 1. The number of thioether (sulfide) groups is 1. The summed E-state index contributed by atoms with van der Waals surface area (Å²) in [6.07, 6.45) is 3.21. The van der Waals surface area contributed by atoms with Crippen LogP contribution in [0.1, 0.15) is 13.8 Å². The molecule has 0 aliphatic carbocycles. The Morgan fingerprint density at radius 1 is 1.67 bits per heavy atom. The first kappa shape index (κ1) is 12.0. The topological polar surface area (TPSA) is 61.6 Å². The van der Waals surface area contributed by atoms with Crippen LogP contribution in [0, 0.1) is 11.3 Å². The minimum atomic E-state index is -0.496. The number of rotatable bonds is 5. The summed E-state index contributed by atoms with van der Waals surface area (Å²) in [7, 11) is 0. The third kappa shape index (κ3) is 3.86. The predicted molar refractivity (Wildman–Crippen MR) is 60.5 cm³/mol. The number of nitriles is 1. The van der Waals surface area contributed by atoms with Crippen LogP contribution in [-0.2, 0) is 0 Å². The van der Waals surface area contributed by atoms with Gasteiger partial charge in [0.15, 0.2) is 0 Å². The van der Waals surface area contributed by atoms with E-state index < -0.39 is 5.54 Å². The molecule has 5 heteroatoms. The van der Waals surface area contributed by atoms with Crippen molar-refractivity contribution in [2.45, 2.75) is 24.4 Å². The van der Waals surface area contributed by atoms with E-state index in [4.69, 9.17) is 5.26 Å². The number of hydrogen-bond donors (Lipinski definition) is 1. The molecule has 15 heavy (non-hydrogen) atoms. The van der Waals surface area contributed by atoms with E-state index in [1.54, 1.807) is 18.0 Å². The molecule has 0 aromatic carbocycles. The largest absolute Gasteiger partial charge is 0.299 e. The van der Waals surface area contributed by atoms with Gasteiger partial charge in [0.1, 0.15) is 11.9 Å². The highest BCUT2D eigenvalue weighted by atomic mass is 32.2. The molecule has 0 spiro atoms. The van der Waals surface area contributed by atoms with E-state index in [-0.39, 0.29) is 0 Å². The number of aromatic nitrogens is 2. The second-order valence-electron chi connectivity index (χ2n) is 3.31. The van der Waals surface area contributed by atoms with Crippen molar-refractivity contribution in [3.63, 3.8) is 0 Å². The molecule has 0 bridgehead atoms. The summed E-state index contributed by atoms with van der Waals surface area (Å²) in [5.74, 6) is 0.675. The molecule has 0 fully saturated rings. The molecule has 0 amide bonds. The molecule has 1 heterocycles. The van der Waals surface area contributed by atoms with Crippen molar-refractivity contribution in [2.24, 2.45) is 0 Å². The fourth-order valence-electron chi connectivity index (χ4n) is 1.10. The Balaban J connectivity index is 2.52. The normalized spacial score (nSPS) is 14.2. The van der Waals surface area contributed by atoms with E-state index in [1.165, 1.54) is 6.33 Å². The highest BCUT2D eigenvalue weighted by Gasteiger charge is 2.22. The smallest absolute Gasteiger partial charge is 0.116 e. The summed E-state index contributed by atoms with van der Waals surface area (Å²) < 4.78 is 0. The van der Waals surface area contributed by atoms with Crippen molar-refractivity contribution < 1.29 is 0 Å². The van der Waals surface area contributed by atoms with E-state index in [9.17, 15) is 0 Å². The molecule has 1 rings (SSSR count). The second-order valence-corrected chi connectivity index (χ2v) is 4.31. The van der Waals surface area contributed by atoms with Gasteiger partial charge >= 0.3 is 0 Å². The lowest BCUT2D eigenvalue weighted by Gasteiger charge is -2.21. The Hall–Kier alpha value is -1.12. The van der Waals surface area contributed by atoms with Gasteiger partial charge in [-0.1, -0.05) is 6.92 Å². The quantitative estimate of drug-likeness (QED) is 0.603. The Morgan fingerprint density at radius 2 is 2.47 bits per heavy atom. The maximum absolute atomic E-state index is 9.04. The summed E-state index contributed by atoms with van der Waals surface area (Å²) in [4.78, 5) is 7.93. The van der Waals surface area contributed by atoms with Crippen LogP contribution < -0.4 is 5.32 Å². The van der Waals surface area contributed by atoms with Crippen molar-refractivity contribution in [3.05, 3.63) is 18.6 Å². The molecule has 80 valence electrons. The SMILES string of the molecule is CCNC(C)(C#N)CSc1ccncn1. The van der Waals surface area contributed by atoms with Crippen molar-refractivity contribution >= 4 is 11.8 Å². The van der Waals surface area contributed by atoms with Gasteiger partial charge in [0.05, 0.1) is 11.1 Å². The molecule has 1 aromatic rings. The predicted octanol–water partition coefficient (Wildman–Crippen LogP) is 1.46. The molecular formula is C10H14N4S. The summed E-state index contributed by atoms with van der Waals surface area (Å²) >= 11 is 1.56. The molecule has 1 atom stereocenters. The van der Waals surface area contributed by atoms with Crippen LogP contribution in [0.25, 0.3) is 0 Å². The molecule has 0 radical (unpaired) electrons. The lowest BCUT2D eigenvalue weighted by Crippen LogP contribution is -2.43. The van der Waals surface area contributed by atoms with Crippen LogP contribution in [0.5, 0.6) is 0 Å². The fraction of sp³-hybridized carbons (Fsp3) is 0.500. The first-order chi connectivity index (χ1) is 7.20. The summed E-state index contributed by atoms with van der Waals surface area (Å²) in [5, 5.41) is 13.1. The fourth-order valence-corrected chi connectivity index (χ4v) is 1.98. The standard InChI is InChI=1S/C10H14N4S/c1-3-14-10(2,6-11)7-15-9-4-5-12-8-13-9/h4-5,8,14H,3,7H2,1-2H3. The summed E-state index contributed by atoms with van der Waals surface area (Å²) in [6, 6.07) is 4.12. The zero-order valence-electron chi connectivity index (χ0n) is 8.90. The second kappa shape index (κ2) is 5.69. The van der Waals surface area contributed by atoms with Gasteiger partial charge in [0.2, 0.25) is 0 Å². The van der Waals surface area contributed by atoms with E-state index in [2.05, 4.69) is 21.4 Å². The molecule has 4 nitrogen and oxygen atoms in total. The van der Waals surface area contributed by atoms with Crippen LogP contribution in [0.2, 0.25) is 0 Å². The Kier molecular flexibility index (Phi) is 4.53. The van der Waals surface area contributed by atoms with Crippen molar-refractivity contribution in [1.29, 1.82) is 5.26 Å². The Labute approximate surface area is 94.1 Å². The average Bonchev–Trinajstić information content (AvgIpc) is 2.28. The average molecular weight is 222 g/mol. The first-order valence-electron chi connectivity index (χ1n) is 4.75. The highest BCUT2D eigenvalue weighted by molar-refractivity contribution is 7.99. The van der Waals surface area contributed by atoms with Gasteiger partial charge in [-0.15, -0.1) is 11.8 Å². The minimum absolute atomic E-state index is 0.496. The van der Waals surface area contributed by atoms with Gasteiger partial charge in [0, 0.05) is 11.9 Å². The third-order valence-corrected chi connectivity index (χ3v) is 3.14.